The van der Waals surface area contributed by atoms with Gasteiger partial charge in [0.15, 0.2) is 0 Å². The van der Waals surface area contributed by atoms with Gasteiger partial charge in [0, 0.05) is 47.0 Å². The third kappa shape index (κ3) is 6.68. The first-order valence-corrected chi connectivity index (χ1v) is 6.78. The van der Waals surface area contributed by atoms with Crippen molar-refractivity contribution in [3.63, 3.8) is 0 Å². The molecule has 0 aliphatic rings. The molecule has 2 N–H and O–H groups in total. The van der Waals surface area contributed by atoms with Crippen LogP contribution in [0.4, 0.5) is 0 Å². The number of rotatable bonds is 10. The number of nitrogens with zero attached hydrogens (tertiary/aromatic N) is 1. The van der Waals surface area contributed by atoms with Gasteiger partial charge in [0.05, 0.1) is 6.61 Å². The predicted molar refractivity (Wildman–Crippen MR) is 78.0 cm³/mol. The van der Waals surface area contributed by atoms with Crippen LogP contribution in [0.1, 0.15) is 17.5 Å². The van der Waals surface area contributed by atoms with E-state index in [2.05, 4.69) is 29.2 Å². The molecule has 0 aliphatic heterocycles. The van der Waals surface area contributed by atoms with E-state index < -0.39 is 0 Å². The molecule has 0 heterocycles. The van der Waals surface area contributed by atoms with Crippen molar-refractivity contribution in [1.82, 2.24) is 4.90 Å². The van der Waals surface area contributed by atoms with Crippen molar-refractivity contribution in [3.05, 3.63) is 35.4 Å². The minimum Gasteiger partial charge on any atom is -0.385 e. The highest BCUT2D eigenvalue weighted by Gasteiger charge is 2.05. The van der Waals surface area contributed by atoms with Crippen molar-refractivity contribution >= 4 is 0 Å². The normalized spacial score (nSPS) is 11.2. The zero-order chi connectivity index (χ0) is 13.9. The van der Waals surface area contributed by atoms with E-state index in [-0.39, 0.29) is 0 Å². The Balaban J connectivity index is 2.48. The maximum Gasteiger partial charge on any atom is 0.0589 e. The number of benzene rings is 1. The number of hydrogen-bond donors (Lipinski definition) is 1. The number of hydrogen-bond acceptors (Lipinski definition) is 4. The molecule has 0 fully saturated rings. The summed E-state index contributed by atoms with van der Waals surface area (Å²) >= 11 is 0. The molecular weight excluding hydrogens is 240 g/mol. The Labute approximate surface area is 116 Å². The summed E-state index contributed by atoms with van der Waals surface area (Å²) in [7, 11) is 3.48. The lowest BCUT2D eigenvalue weighted by atomic mass is 10.1. The molecule has 0 amide bonds. The minimum absolute atomic E-state index is 0.599. The lowest BCUT2D eigenvalue weighted by Gasteiger charge is -2.22. The van der Waals surface area contributed by atoms with Crippen molar-refractivity contribution in [2.45, 2.75) is 19.5 Å². The van der Waals surface area contributed by atoms with E-state index in [0.717, 1.165) is 39.3 Å². The quantitative estimate of drug-likeness (QED) is 0.654. The van der Waals surface area contributed by atoms with Gasteiger partial charge in [0.25, 0.3) is 0 Å². The maximum absolute atomic E-state index is 5.61. The van der Waals surface area contributed by atoms with Gasteiger partial charge in [-0.2, -0.15) is 0 Å². The van der Waals surface area contributed by atoms with Crippen molar-refractivity contribution in [1.29, 1.82) is 0 Å². The fourth-order valence-electron chi connectivity index (χ4n) is 1.96. The Morgan fingerprint density at radius 1 is 0.947 bits per heavy atom. The molecule has 4 heteroatoms. The summed E-state index contributed by atoms with van der Waals surface area (Å²) in [5.74, 6) is 0. The van der Waals surface area contributed by atoms with Crippen LogP contribution in [-0.4, -0.2) is 45.4 Å². The van der Waals surface area contributed by atoms with Crippen LogP contribution in [0, 0.1) is 0 Å². The first-order valence-electron chi connectivity index (χ1n) is 6.78. The number of nitrogens with two attached hydrogens (primary N) is 1. The monoisotopic (exact) mass is 266 g/mol. The summed E-state index contributed by atoms with van der Waals surface area (Å²) in [6.07, 6.45) is 1.04. The summed E-state index contributed by atoms with van der Waals surface area (Å²) in [6.45, 7) is 5.07. The second-order valence-corrected chi connectivity index (χ2v) is 4.64. The zero-order valence-electron chi connectivity index (χ0n) is 12.1. The average molecular weight is 266 g/mol. The molecule has 0 aromatic heterocycles. The van der Waals surface area contributed by atoms with Gasteiger partial charge in [-0.05, 0) is 17.5 Å². The average Bonchev–Trinajstić information content (AvgIpc) is 2.45. The van der Waals surface area contributed by atoms with Crippen LogP contribution in [0.15, 0.2) is 24.3 Å². The van der Waals surface area contributed by atoms with Crippen LogP contribution in [0.5, 0.6) is 0 Å². The Morgan fingerprint density at radius 3 is 2.16 bits per heavy atom. The van der Waals surface area contributed by atoms with E-state index in [9.17, 15) is 0 Å². The Bertz CT molecular complexity index is 327. The van der Waals surface area contributed by atoms with Gasteiger partial charge >= 0.3 is 0 Å². The molecule has 0 radical (unpaired) electrons. The SMILES string of the molecule is COCCCN(CCOC)Cc1ccc(CN)cc1. The lowest BCUT2D eigenvalue weighted by molar-refractivity contribution is 0.129. The van der Waals surface area contributed by atoms with Crippen molar-refractivity contribution in [2.75, 3.05) is 40.5 Å². The standard InChI is InChI=1S/C15H26N2O2/c1-18-10-3-8-17(9-11-19-2)13-15-6-4-14(12-16)5-7-15/h4-7H,3,8-13,16H2,1-2H3. The molecule has 0 atom stereocenters. The van der Waals surface area contributed by atoms with Crippen LogP contribution in [0.2, 0.25) is 0 Å². The van der Waals surface area contributed by atoms with Crippen LogP contribution in [0.25, 0.3) is 0 Å². The third-order valence-electron chi connectivity index (χ3n) is 3.10. The smallest absolute Gasteiger partial charge is 0.0589 e. The molecule has 108 valence electrons. The van der Waals surface area contributed by atoms with Crippen molar-refractivity contribution in [3.8, 4) is 0 Å². The highest BCUT2D eigenvalue weighted by atomic mass is 16.5. The van der Waals surface area contributed by atoms with Gasteiger partial charge in [-0.15, -0.1) is 0 Å². The predicted octanol–water partition coefficient (Wildman–Crippen LogP) is 1.63. The number of ether oxygens (including phenoxy) is 2. The molecule has 1 aromatic carbocycles. The topological polar surface area (TPSA) is 47.7 Å². The van der Waals surface area contributed by atoms with Crippen molar-refractivity contribution in [2.24, 2.45) is 5.73 Å². The van der Waals surface area contributed by atoms with E-state index in [1.807, 2.05) is 0 Å². The maximum atomic E-state index is 5.61. The summed E-state index contributed by atoms with van der Waals surface area (Å²) in [5.41, 5.74) is 8.09. The summed E-state index contributed by atoms with van der Waals surface area (Å²) in [5, 5.41) is 0. The van der Waals surface area contributed by atoms with E-state index in [4.69, 9.17) is 15.2 Å². The molecule has 1 rings (SSSR count). The molecule has 4 nitrogen and oxygen atoms in total. The van der Waals surface area contributed by atoms with Gasteiger partial charge in [-0.3, -0.25) is 4.90 Å². The summed E-state index contributed by atoms with van der Waals surface area (Å²) < 4.78 is 10.3. The molecule has 0 saturated carbocycles. The molecule has 0 aliphatic carbocycles. The Morgan fingerprint density at radius 2 is 1.58 bits per heavy atom. The van der Waals surface area contributed by atoms with Gasteiger partial charge in [0.1, 0.15) is 0 Å². The number of methoxy groups -OCH3 is 2. The Kier molecular flexibility index (Phi) is 8.41. The summed E-state index contributed by atoms with van der Waals surface area (Å²) in [4.78, 5) is 2.39. The largest absolute Gasteiger partial charge is 0.385 e. The molecule has 0 bridgehead atoms. The van der Waals surface area contributed by atoms with E-state index in [1.165, 1.54) is 11.1 Å². The highest BCUT2D eigenvalue weighted by Crippen LogP contribution is 2.08. The second-order valence-electron chi connectivity index (χ2n) is 4.64. The fourth-order valence-corrected chi connectivity index (χ4v) is 1.96. The van der Waals surface area contributed by atoms with Crippen molar-refractivity contribution < 1.29 is 9.47 Å². The molecule has 19 heavy (non-hydrogen) atoms. The van der Waals surface area contributed by atoms with E-state index >= 15 is 0 Å². The van der Waals surface area contributed by atoms with Gasteiger partial charge in [-0.1, -0.05) is 24.3 Å². The van der Waals surface area contributed by atoms with Crippen LogP contribution in [0.3, 0.4) is 0 Å². The highest BCUT2D eigenvalue weighted by molar-refractivity contribution is 5.22. The third-order valence-corrected chi connectivity index (χ3v) is 3.10. The first kappa shape index (κ1) is 16.1. The summed E-state index contributed by atoms with van der Waals surface area (Å²) in [6, 6.07) is 8.49. The lowest BCUT2D eigenvalue weighted by Crippen LogP contribution is -2.28. The van der Waals surface area contributed by atoms with Crippen LogP contribution < -0.4 is 5.73 Å². The van der Waals surface area contributed by atoms with Gasteiger partial charge < -0.3 is 15.2 Å². The first-order chi connectivity index (χ1) is 9.30. The van der Waals surface area contributed by atoms with Crippen LogP contribution in [-0.2, 0) is 22.6 Å². The van der Waals surface area contributed by atoms with Gasteiger partial charge in [0.2, 0.25) is 0 Å². The Hall–Kier alpha value is -0.940. The zero-order valence-corrected chi connectivity index (χ0v) is 12.1. The fraction of sp³-hybridized carbons (Fsp3) is 0.600. The molecule has 0 spiro atoms. The molecule has 1 aromatic rings. The second kappa shape index (κ2) is 9.92. The van der Waals surface area contributed by atoms with Crippen LogP contribution >= 0.6 is 0 Å². The van der Waals surface area contributed by atoms with Gasteiger partial charge in [-0.25, -0.2) is 0 Å². The molecule has 0 saturated heterocycles. The minimum atomic E-state index is 0.599. The molecule has 0 unspecified atom stereocenters. The molecular formula is C15H26N2O2. The van der Waals surface area contributed by atoms with E-state index in [0.29, 0.717) is 6.54 Å². The van der Waals surface area contributed by atoms with E-state index in [1.54, 1.807) is 14.2 Å².